The van der Waals surface area contributed by atoms with Crippen LogP contribution in [0.3, 0.4) is 0 Å². The predicted octanol–water partition coefficient (Wildman–Crippen LogP) is 2.69. The SMILES string of the molecule is C#CCN1C(=O)[C@](O)(c2c(C)[nH]c3ccccc23)c2ccccc21. The molecule has 0 saturated carbocycles. The maximum absolute atomic E-state index is 13.1. The highest BCUT2D eigenvalue weighted by atomic mass is 16.3. The van der Waals surface area contributed by atoms with E-state index in [4.69, 9.17) is 6.42 Å². The number of carbonyl (C=O) groups excluding carboxylic acids is 1. The summed E-state index contributed by atoms with van der Waals surface area (Å²) in [4.78, 5) is 17.9. The summed E-state index contributed by atoms with van der Waals surface area (Å²) in [6.07, 6.45) is 5.42. The molecule has 1 atom stereocenters. The lowest BCUT2D eigenvalue weighted by molar-refractivity contribution is -0.132. The number of aromatic amines is 1. The van der Waals surface area contributed by atoms with Crippen molar-refractivity contribution in [2.24, 2.45) is 0 Å². The molecule has 0 spiro atoms. The van der Waals surface area contributed by atoms with E-state index in [-0.39, 0.29) is 6.54 Å². The molecule has 1 amide bonds. The normalized spacial score (nSPS) is 19.5. The molecule has 1 aliphatic rings. The van der Waals surface area contributed by atoms with E-state index in [2.05, 4.69) is 10.9 Å². The number of fused-ring (bicyclic) bond motifs is 2. The van der Waals surface area contributed by atoms with Crippen molar-refractivity contribution < 1.29 is 9.90 Å². The van der Waals surface area contributed by atoms with Gasteiger partial charge in [-0.15, -0.1) is 6.42 Å². The largest absolute Gasteiger partial charge is 0.372 e. The van der Waals surface area contributed by atoms with Crippen LogP contribution in [0.5, 0.6) is 0 Å². The van der Waals surface area contributed by atoms with Gasteiger partial charge in [-0.05, 0) is 19.1 Å². The van der Waals surface area contributed by atoms with Crippen molar-refractivity contribution in [1.82, 2.24) is 4.98 Å². The van der Waals surface area contributed by atoms with Crippen LogP contribution in [0.2, 0.25) is 0 Å². The summed E-state index contributed by atoms with van der Waals surface area (Å²) >= 11 is 0. The number of nitrogens with one attached hydrogen (secondary N) is 1. The molecule has 0 aliphatic carbocycles. The van der Waals surface area contributed by atoms with Crippen molar-refractivity contribution in [1.29, 1.82) is 0 Å². The van der Waals surface area contributed by atoms with Gasteiger partial charge in [-0.3, -0.25) is 9.69 Å². The van der Waals surface area contributed by atoms with Crippen LogP contribution in [0.25, 0.3) is 10.9 Å². The monoisotopic (exact) mass is 316 g/mol. The second-order valence-corrected chi connectivity index (χ2v) is 5.99. The number of aliphatic hydroxyl groups is 1. The van der Waals surface area contributed by atoms with Crippen molar-refractivity contribution in [2.75, 3.05) is 11.4 Å². The number of benzene rings is 2. The Labute approximate surface area is 139 Å². The maximum Gasteiger partial charge on any atom is 0.269 e. The summed E-state index contributed by atoms with van der Waals surface area (Å²) in [5, 5.41) is 12.4. The van der Waals surface area contributed by atoms with Crippen LogP contribution >= 0.6 is 0 Å². The fourth-order valence-electron chi connectivity index (χ4n) is 3.67. The molecule has 0 fully saturated rings. The number of hydrogen-bond acceptors (Lipinski definition) is 2. The highest BCUT2D eigenvalue weighted by Crippen LogP contribution is 2.47. The molecule has 4 rings (SSSR count). The second-order valence-electron chi connectivity index (χ2n) is 5.99. The zero-order valence-electron chi connectivity index (χ0n) is 13.2. The van der Waals surface area contributed by atoms with Crippen molar-refractivity contribution in [3.05, 3.63) is 65.4 Å². The molecule has 1 aromatic heterocycles. The molecule has 4 nitrogen and oxygen atoms in total. The first kappa shape index (κ1) is 14.6. The Morgan fingerprint density at radius 1 is 1.21 bits per heavy atom. The molecule has 0 saturated heterocycles. The molecule has 4 heteroatoms. The molecule has 0 unspecified atom stereocenters. The van der Waals surface area contributed by atoms with Crippen molar-refractivity contribution >= 4 is 22.5 Å². The summed E-state index contributed by atoms with van der Waals surface area (Å²) in [5.41, 5.74) is 1.74. The molecule has 2 aromatic carbocycles. The van der Waals surface area contributed by atoms with E-state index in [1.54, 1.807) is 6.07 Å². The van der Waals surface area contributed by atoms with Gasteiger partial charge >= 0.3 is 0 Å². The summed E-state index contributed by atoms with van der Waals surface area (Å²) in [6.45, 7) is 1.99. The molecular weight excluding hydrogens is 300 g/mol. The number of amides is 1. The van der Waals surface area contributed by atoms with Gasteiger partial charge in [0.05, 0.1) is 12.2 Å². The van der Waals surface area contributed by atoms with Crippen LogP contribution < -0.4 is 4.90 Å². The Morgan fingerprint density at radius 2 is 1.92 bits per heavy atom. The van der Waals surface area contributed by atoms with Gasteiger partial charge in [0.25, 0.3) is 5.91 Å². The quantitative estimate of drug-likeness (QED) is 0.714. The van der Waals surface area contributed by atoms with Crippen LogP contribution in [0.15, 0.2) is 48.5 Å². The zero-order valence-corrected chi connectivity index (χ0v) is 13.2. The first-order valence-corrected chi connectivity index (χ1v) is 7.74. The van der Waals surface area contributed by atoms with Crippen LogP contribution in [0.4, 0.5) is 5.69 Å². The van der Waals surface area contributed by atoms with Crippen molar-refractivity contribution in [3.8, 4) is 12.3 Å². The number of aromatic nitrogens is 1. The number of H-pyrrole nitrogens is 1. The smallest absolute Gasteiger partial charge is 0.269 e. The lowest BCUT2D eigenvalue weighted by atomic mass is 9.85. The van der Waals surface area contributed by atoms with E-state index in [1.165, 1.54) is 4.90 Å². The number of carbonyl (C=O) groups is 1. The van der Waals surface area contributed by atoms with E-state index >= 15 is 0 Å². The molecule has 24 heavy (non-hydrogen) atoms. The molecule has 1 aliphatic heterocycles. The average molecular weight is 316 g/mol. The number of anilines is 1. The Morgan fingerprint density at radius 3 is 2.71 bits per heavy atom. The first-order valence-electron chi connectivity index (χ1n) is 7.74. The maximum atomic E-state index is 13.1. The van der Waals surface area contributed by atoms with E-state index in [0.29, 0.717) is 16.8 Å². The molecule has 2 heterocycles. The number of nitrogens with zero attached hydrogens (tertiary/aromatic N) is 1. The molecule has 2 N–H and O–H groups in total. The molecule has 118 valence electrons. The van der Waals surface area contributed by atoms with Gasteiger partial charge < -0.3 is 10.1 Å². The third kappa shape index (κ3) is 1.70. The Bertz CT molecular complexity index is 1010. The lowest BCUT2D eigenvalue weighted by Gasteiger charge is -2.23. The minimum atomic E-state index is -1.74. The summed E-state index contributed by atoms with van der Waals surface area (Å²) in [7, 11) is 0. The number of para-hydroxylation sites is 2. The van der Waals surface area contributed by atoms with E-state index in [0.717, 1.165) is 16.6 Å². The average Bonchev–Trinajstić information content (AvgIpc) is 3.03. The highest BCUT2D eigenvalue weighted by Gasteiger charge is 2.52. The van der Waals surface area contributed by atoms with Crippen LogP contribution in [-0.2, 0) is 10.4 Å². The van der Waals surface area contributed by atoms with Gasteiger partial charge in [0.15, 0.2) is 5.60 Å². The van der Waals surface area contributed by atoms with Gasteiger partial charge in [-0.25, -0.2) is 0 Å². The van der Waals surface area contributed by atoms with Crippen molar-refractivity contribution in [3.63, 3.8) is 0 Å². The third-order valence-corrected chi connectivity index (χ3v) is 4.64. The zero-order chi connectivity index (χ0) is 16.9. The van der Waals surface area contributed by atoms with Crippen LogP contribution in [0.1, 0.15) is 16.8 Å². The van der Waals surface area contributed by atoms with E-state index in [1.807, 2.05) is 49.4 Å². The molecule has 0 radical (unpaired) electrons. The molecule has 0 bridgehead atoms. The number of rotatable bonds is 2. The molecule has 3 aromatic rings. The summed E-state index contributed by atoms with van der Waals surface area (Å²) in [5.74, 6) is 2.09. The number of aryl methyl sites for hydroxylation is 1. The van der Waals surface area contributed by atoms with Crippen LogP contribution in [0, 0.1) is 19.3 Å². The van der Waals surface area contributed by atoms with E-state index < -0.39 is 11.5 Å². The minimum Gasteiger partial charge on any atom is -0.372 e. The Kier molecular flexibility index (Phi) is 3.02. The second kappa shape index (κ2) is 4.98. The van der Waals surface area contributed by atoms with Gasteiger partial charge in [-0.2, -0.15) is 0 Å². The third-order valence-electron chi connectivity index (χ3n) is 4.64. The Balaban J connectivity index is 2.05. The van der Waals surface area contributed by atoms with Crippen LogP contribution in [-0.4, -0.2) is 22.5 Å². The number of terminal acetylenes is 1. The highest BCUT2D eigenvalue weighted by molar-refractivity contribution is 6.11. The standard InChI is InChI=1S/C20H16N2O2/c1-3-12-22-17-11-7-5-9-15(17)20(24,19(22)23)18-13(2)21-16-10-6-4-8-14(16)18/h1,4-11,21,24H,12H2,2H3/t20-/m1/s1. The van der Waals surface area contributed by atoms with Gasteiger partial charge in [0.1, 0.15) is 0 Å². The fraction of sp³-hybridized carbons (Fsp3) is 0.150. The van der Waals surface area contributed by atoms with Crippen molar-refractivity contribution in [2.45, 2.75) is 12.5 Å². The summed E-state index contributed by atoms with van der Waals surface area (Å²) in [6, 6.07) is 14.9. The lowest BCUT2D eigenvalue weighted by Crippen LogP contribution is -2.41. The van der Waals surface area contributed by atoms with E-state index in [9.17, 15) is 9.90 Å². The summed E-state index contributed by atoms with van der Waals surface area (Å²) < 4.78 is 0. The van der Waals surface area contributed by atoms with Gasteiger partial charge in [-0.1, -0.05) is 42.3 Å². The first-order chi connectivity index (χ1) is 11.6. The Hall–Kier alpha value is -3.03. The topological polar surface area (TPSA) is 56.3 Å². The minimum absolute atomic E-state index is 0.125. The number of hydrogen-bond donors (Lipinski definition) is 2. The predicted molar refractivity (Wildman–Crippen MR) is 93.7 cm³/mol. The van der Waals surface area contributed by atoms with Gasteiger partial charge in [0, 0.05) is 27.7 Å². The van der Waals surface area contributed by atoms with Gasteiger partial charge in [0.2, 0.25) is 0 Å². The molecular formula is C20H16N2O2. The fourth-order valence-corrected chi connectivity index (χ4v) is 3.67.